The van der Waals surface area contributed by atoms with Crippen LogP contribution < -0.4 is 0 Å². The number of hydrogen-bond donors (Lipinski definition) is 4. The summed E-state index contributed by atoms with van der Waals surface area (Å²) in [7, 11) is -6.26. The summed E-state index contributed by atoms with van der Waals surface area (Å²) in [5, 5.41) is 0. The van der Waals surface area contributed by atoms with Gasteiger partial charge >= 0.3 is 41.4 Å². The molecule has 0 heterocycles. The van der Waals surface area contributed by atoms with Gasteiger partial charge in [-0.15, -0.1) is 0 Å². The predicted octanol–water partition coefficient (Wildman–Crippen LogP) is -7.34. The molecule has 72 valence electrons. The first-order valence-electron chi connectivity index (χ1n) is 1.30. The summed E-state index contributed by atoms with van der Waals surface area (Å²) in [5.41, 5.74) is 0. The van der Waals surface area contributed by atoms with E-state index in [1.54, 1.807) is 0 Å². The Morgan fingerprint density at radius 1 is 0.750 bits per heavy atom. The fraction of sp³-hybridized carbons (Fsp3) is 0. The molecule has 0 unspecified atom stereocenters. The first-order valence-corrected chi connectivity index (χ1v) is 3.91. The molecule has 0 aromatic carbocycles. The van der Waals surface area contributed by atoms with Gasteiger partial charge in [-0.1, -0.05) is 0 Å². The molecule has 0 spiro atoms. The quantitative estimate of drug-likeness (QED) is 0.318. The largest absolute Gasteiger partial charge is 0.761 e. The Bertz CT molecular complexity index is 77.4. The second-order valence-electron chi connectivity index (χ2n) is 0.565. The normalized spacial score (nSPS) is 4.00. The SMILES string of the molecule is O.O=[Si](O)O.O=[Si](O)O.[AlH3].[AlH3].[MgH2]. The molecule has 0 rings (SSSR count). The van der Waals surface area contributed by atoms with Gasteiger partial charge in [0.2, 0.25) is 0 Å². The predicted molar refractivity (Wildman–Crippen MR) is 53.8 cm³/mol. The second kappa shape index (κ2) is 29.6. The van der Waals surface area contributed by atoms with E-state index in [9.17, 15) is 0 Å². The van der Waals surface area contributed by atoms with Crippen LogP contribution in [-0.4, -0.2) is 101 Å². The van der Waals surface area contributed by atoms with Crippen molar-refractivity contribution in [1.82, 2.24) is 0 Å². The van der Waals surface area contributed by atoms with E-state index in [0.29, 0.717) is 0 Å². The van der Waals surface area contributed by atoms with E-state index >= 15 is 0 Å². The Morgan fingerprint density at radius 2 is 0.750 bits per heavy atom. The van der Waals surface area contributed by atoms with Crippen LogP contribution in [0, 0.1) is 0 Å². The first-order chi connectivity index (χ1) is 3.46. The third kappa shape index (κ3) is 1050. The van der Waals surface area contributed by atoms with Crippen LogP contribution in [0.2, 0.25) is 0 Å². The van der Waals surface area contributed by atoms with E-state index in [0.717, 1.165) is 0 Å². The summed E-state index contributed by atoms with van der Waals surface area (Å²) >= 11 is 0. The summed E-state index contributed by atoms with van der Waals surface area (Å²) in [6.45, 7) is 0. The van der Waals surface area contributed by atoms with Crippen molar-refractivity contribution in [2.75, 3.05) is 0 Å². The van der Waals surface area contributed by atoms with E-state index in [4.69, 9.17) is 28.1 Å². The highest BCUT2D eigenvalue weighted by Gasteiger charge is 1.85. The third-order valence-electron chi connectivity index (χ3n) is 0. The molecule has 0 aliphatic rings. The van der Waals surface area contributed by atoms with Crippen LogP contribution in [0.4, 0.5) is 0 Å². The topological polar surface area (TPSA) is 147 Å². The lowest BCUT2D eigenvalue weighted by Gasteiger charge is -1.55. The van der Waals surface area contributed by atoms with Gasteiger partial charge in [0.25, 0.3) is 0 Å². The molecule has 12 heavy (non-hydrogen) atoms. The molecule has 0 aliphatic heterocycles. The van der Waals surface area contributed by atoms with Gasteiger partial charge in [0.05, 0.1) is 0 Å². The summed E-state index contributed by atoms with van der Waals surface area (Å²) < 4.78 is 17.5. The number of hydrogen-bond acceptors (Lipinski definition) is 2. The van der Waals surface area contributed by atoms with Gasteiger partial charge in [-0.05, 0) is 0 Å². The molecule has 0 aromatic rings. The van der Waals surface area contributed by atoms with Crippen LogP contribution in [0.5, 0.6) is 0 Å². The third-order valence-corrected chi connectivity index (χ3v) is 0. The van der Waals surface area contributed by atoms with Gasteiger partial charge in [0.15, 0.2) is 34.7 Å². The Kier molecular flexibility index (Phi) is 94.2. The maximum absolute atomic E-state index is 8.74. The molecule has 0 saturated carbocycles. The average molecular weight is 261 g/mol. The minimum atomic E-state index is -3.13. The molecular weight excluding hydrogens is 246 g/mol. The maximum atomic E-state index is 8.74. The molecule has 0 aliphatic carbocycles. The first kappa shape index (κ1) is 38.2. The Hall–Kier alpha value is 1.02. The van der Waals surface area contributed by atoms with Crippen molar-refractivity contribution >= 4 is 76.1 Å². The fourth-order valence-corrected chi connectivity index (χ4v) is 0. The van der Waals surface area contributed by atoms with E-state index in [2.05, 4.69) is 0 Å². The minimum absolute atomic E-state index is 0. The zero-order chi connectivity index (χ0) is 7.15. The van der Waals surface area contributed by atoms with Crippen molar-refractivity contribution in [2.24, 2.45) is 0 Å². The molecule has 7 nitrogen and oxygen atoms in total. The highest BCUT2D eigenvalue weighted by molar-refractivity contribution is 6.22. The second-order valence-corrected chi connectivity index (χ2v) is 1.70. The van der Waals surface area contributed by atoms with Gasteiger partial charge in [-0.3, -0.25) is 8.92 Å². The van der Waals surface area contributed by atoms with E-state index in [-0.39, 0.29) is 63.3 Å². The molecule has 0 bridgehead atoms. The van der Waals surface area contributed by atoms with Crippen LogP contribution in [0.25, 0.3) is 0 Å². The smallest absolute Gasteiger partial charge is 0.511 e. The summed E-state index contributed by atoms with van der Waals surface area (Å²) in [4.78, 5) is 28.6. The zero-order valence-corrected chi connectivity index (χ0v) is 6.11. The van der Waals surface area contributed by atoms with Crippen LogP contribution in [0.15, 0.2) is 0 Å². The van der Waals surface area contributed by atoms with Gasteiger partial charge in [0, 0.05) is 0 Å². The van der Waals surface area contributed by atoms with Crippen molar-refractivity contribution in [3.8, 4) is 0 Å². The van der Waals surface area contributed by atoms with E-state index in [1.165, 1.54) is 0 Å². The van der Waals surface area contributed by atoms with Crippen molar-refractivity contribution in [1.29, 1.82) is 0 Å². The number of rotatable bonds is 0. The molecule has 0 radical (unpaired) electrons. The Morgan fingerprint density at radius 3 is 0.750 bits per heavy atom. The molecule has 12 heteroatoms. The summed E-state index contributed by atoms with van der Waals surface area (Å²) in [6.07, 6.45) is 0. The molecule has 0 saturated heterocycles. The lowest BCUT2D eigenvalue weighted by Crippen LogP contribution is -1.90. The molecule has 0 atom stereocenters. The van der Waals surface area contributed by atoms with E-state index < -0.39 is 18.3 Å². The molecule has 0 aromatic heterocycles. The standard InChI is InChI=1S/2Al.Mg.2H2O3Si.H2O.8H/c;;;2*1-4(2)3;;;;;;;;;/h;;;2*1-2H;1H2;;;;;;;;. The van der Waals surface area contributed by atoms with Crippen LogP contribution in [0.3, 0.4) is 0 Å². The lowest BCUT2D eigenvalue weighted by molar-refractivity contribution is 0.328. The minimum Gasteiger partial charge on any atom is -0.511 e. The van der Waals surface area contributed by atoms with E-state index in [1.807, 2.05) is 0 Å². The van der Waals surface area contributed by atoms with Crippen molar-refractivity contribution in [2.45, 2.75) is 0 Å². The monoisotopic (exact) mass is 260 g/mol. The summed E-state index contributed by atoms with van der Waals surface area (Å²) in [6, 6.07) is 0. The van der Waals surface area contributed by atoms with Gasteiger partial charge in [-0.25, -0.2) is 0 Å². The van der Waals surface area contributed by atoms with Crippen LogP contribution >= 0.6 is 0 Å². The fourth-order valence-electron chi connectivity index (χ4n) is 0. The molecular formula is H14Al2MgO7Si2. The van der Waals surface area contributed by atoms with Gasteiger partial charge in [-0.2, -0.15) is 0 Å². The highest BCUT2D eigenvalue weighted by atomic mass is 28.3. The molecule has 0 amide bonds. The average Bonchev–Trinajstić information content (AvgIpc) is 1.25. The van der Waals surface area contributed by atoms with Crippen LogP contribution in [0.1, 0.15) is 0 Å². The van der Waals surface area contributed by atoms with Gasteiger partial charge in [0.1, 0.15) is 0 Å². The van der Waals surface area contributed by atoms with Crippen molar-refractivity contribution < 1.29 is 33.6 Å². The highest BCUT2D eigenvalue weighted by Crippen LogP contribution is 1.27. The van der Waals surface area contributed by atoms with Crippen molar-refractivity contribution in [3.63, 3.8) is 0 Å². The Labute approximate surface area is 109 Å². The molecule has 0 fully saturated rings. The maximum Gasteiger partial charge on any atom is 0.761 e. The van der Waals surface area contributed by atoms with Crippen LogP contribution in [-0.2, 0) is 8.92 Å². The zero-order valence-electron chi connectivity index (χ0n) is 4.11. The summed E-state index contributed by atoms with van der Waals surface area (Å²) in [5.74, 6) is 0. The molecule has 6 N–H and O–H groups in total. The Balaban J connectivity index is -0.0000000112. The lowest BCUT2D eigenvalue weighted by atomic mass is 15.8. The van der Waals surface area contributed by atoms with Gasteiger partial charge < -0.3 is 24.7 Å². The van der Waals surface area contributed by atoms with Crippen molar-refractivity contribution in [3.05, 3.63) is 0 Å².